The Morgan fingerprint density at radius 2 is 2.46 bits per heavy atom. The summed E-state index contributed by atoms with van der Waals surface area (Å²) in [6, 6.07) is 3.07. The van der Waals surface area contributed by atoms with E-state index in [1.807, 2.05) is 6.07 Å². The largest absolute Gasteiger partial charge is 0.351 e. The van der Waals surface area contributed by atoms with Crippen LogP contribution in [0.5, 0.6) is 0 Å². The smallest absolute Gasteiger partial charge is 0.316 e. The molecule has 0 aliphatic carbocycles. The van der Waals surface area contributed by atoms with Gasteiger partial charge in [-0.2, -0.15) is 0 Å². The summed E-state index contributed by atoms with van der Waals surface area (Å²) < 4.78 is 0. The molecule has 2 aromatic rings. The molecule has 0 bridgehead atoms. The van der Waals surface area contributed by atoms with Crippen molar-refractivity contribution >= 4 is 22.8 Å². The average Bonchev–Trinajstić information content (AvgIpc) is 2.48. The number of hydrogen-bond donors (Lipinski definition) is 3. The maximum Gasteiger partial charge on any atom is 0.316 e. The summed E-state index contributed by atoms with van der Waals surface area (Å²) in [7, 11) is 0. The van der Waals surface area contributed by atoms with Crippen molar-refractivity contribution in [2.24, 2.45) is 5.73 Å². The molecule has 2 rings (SSSR count). The molecule has 0 saturated carbocycles. The van der Waals surface area contributed by atoms with Crippen molar-refractivity contribution in [3.8, 4) is 0 Å². The van der Waals surface area contributed by atoms with E-state index < -0.39 is 6.03 Å². The van der Waals surface area contributed by atoms with Crippen molar-refractivity contribution < 1.29 is 4.79 Å². The highest BCUT2D eigenvalue weighted by Crippen LogP contribution is 2.20. The number of anilines is 1. The Bertz CT molecular complexity index is 448. The fourth-order valence-electron chi connectivity index (χ4n) is 1.19. The van der Waals surface area contributed by atoms with Crippen LogP contribution in [0.3, 0.4) is 0 Å². The number of urea groups is 1. The third-order valence-corrected chi connectivity index (χ3v) is 1.71. The highest BCUT2D eigenvalue weighted by atomic mass is 16.2. The first-order chi connectivity index (χ1) is 6.27. The van der Waals surface area contributed by atoms with Crippen LogP contribution < -0.4 is 11.1 Å². The second-order valence-electron chi connectivity index (χ2n) is 2.59. The van der Waals surface area contributed by atoms with Crippen molar-refractivity contribution in [2.75, 3.05) is 5.32 Å². The molecule has 0 unspecified atom stereocenters. The van der Waals surface area contributed by atoms with Crippen LogP contribution in [0.2, 0.25) is 0 Å². The van der Waals surface area contributed by atoms with Crippen LogP contribution in [0.25, 0.3) is 11.0 Å². The van der Waals surface area contributed by atoms with Crippen LogP contribution >= 0.6 is 0 Å². The predicted octanol–water partition coefficient (Wildman–Crippen LogP) is 1.05. The third-order valence-electron chi connectivity index (χ3n) is 1.71. The molecule has 0 aliphatic heterocycles. The summed E-state index contributed by atoms with van der Waals surface area (Å²) in [5.74, 6) is 0. The number of hydrogen-bond acceptors (Lipinski definition) is 2. The second kappa shape index (κ2) is 2.78. The minimum Gasteiger partial charge on any atom is -0.351 e. The number of rotatable bonds is 1. The summed E-state index contributed by atoms with van der Waals surface area (Å²) in [5.41, 5.74) is 6.37. The number of aromatic nitrogens is 2. The zero-order valence-electron chi connectivity index (χ0n) is 6.74. The molecule has 5 heteroatoms. The molecular formula is C8H8N4O. The van der Waals surface area contributed by atoms with Crippen LogP contribution in [0.4, 0.5) is 10.5 Å². The van der Waals surface area contributed by atoms with Gasteiger partial charge in [-0.3, -0.25) is 0 Å². The normalized spacial score (nSPS) is 10.2. The van der Waals surface area contributed by atoms with Gasteiger partial charge in [0, 0.05) is 17.8 Å². The molecule has 2 aromatic heterocycles. The van der Waals surface area contributed by atoms with Crippen molar-refractivity contribution in [2.45, 2.75) is 0 Å². The molecule has 2 amide bonds. The molecule has 0 saturated heterocycles. The molecule has 2 heterocycles. The number of pyridine rings is 1. The zero-order chi connectivity index (χ0) is 9.26. The molecule has 0 aromatic carbocycles. The van der Waals surface area contributed by atoms with Crippen molar-refractivity contribution in [1.29, 1.82) is 0 Å². The van der Waals surface area contributed by atoms with Gasteiger partial charge >= 0.3 is 6.03 Å². The van der Waals surface area contributed by atoms with E-state index >= 15 is 0 Å². The van der Waals surface area contributed by atoms with Gasteiger partial charge in [0.1, 0.15) is 5.65 Å². The highest BCUT2D eigenvalue weighted by molar-refractivity contribution is 5.99. The van der Waals surface area contributed by atoms with Crippen molar-refractivity contribution in [1.82, 2.24) is 9.97 Å². The van der Waals surface area contributed by atoms with E-state index in [2.05, 4.69) is 15.3 Å². The average molecular weight is 176 g/mol. The quantitative estimate of drug-likeness (QED) is 0.606. The Balaban J connectivity index is 2.51. The number of amides is 2. The Morgan fingerprint density at radius 3 is 3.23 bits per heavy atom. The molecule has 66 valence electrons. The van der Waals surface area contributed by atoms with E-state index in [1.165, 1.54) is 0 Å². The lowest BCUT2D eigenvalue weighted by molar-refractivity contribution is 0.259. The Kier molecular flexibility index (Phi) is 1.63. The van der Waals surface area contributed by atoms with Crippen molar-refractivity contribution in [3.05, 3.63) is 24.5 Å². The molecule has 0 atom stereocenters. The van der Waals surface area contributed by atoms with Gasteiger partial charge in [0.05, 0.1) is 5.69 Å². The fourth-order valence-corrected chi connectivity index (χ4v) is 1.19. The molecule has 5 nitrogen and oxygen atoms in total. The first-order valence-corrected chi connectivity index (χ1v) is 3.76. The minimum absolute atomic E-state index is 0.579. The number of nitrogens with one attached hydrogen (secondary N) is 2. The summed E-state index contributed by atoms with van der Waals surface area (Å²) >= 11 is 0. The maximum atomic E-state index is 10.6. The summed E-state index contributed by atoms with van der Waals surface area (Å²) in [5, 5.41) is 3.34. The number of H-pyrrole nitrogens is 1. The topological polar surface area (TPSA) is 83.8 Å². The van der Waals surface area contributed by atoms with Gasteiger partial charge in [-0.15, -0.1) is 0 Å². The monoisotopic (exact) mass is 176 g/mol. The third kappa shape index (κ3) is 1.31. The van der Waals surface area contributed by atoms with Gasteiger partial charge in [0.25, 0.3) is 0 Å². The number of carbonyl (C=O) groups excluding carboxylic acids is 1. The van der Waals surface area contributed by atoms with E-state index in [-0.39, 0.29) is 0 Å². The second-order valence-corrected chi connectivity index (χ2v) is 2.59. The van der Waals surface area contributed by atoms with Crippen molar-refractivity contribution in [3.63, 3.8) is 0 Å². The lowest BCUT2D eigenvalue weighted by Gasteiger charge is -1.96. The molecule has 0 fully saturated rings. The van der Waals surface area contributed by atoms with E-state index in [1.54, 1.807) is 18.5 Å². The van der Waals surface area contributed by atoms with Crippen LogP contribution in [0.15, 0.2) is 24.5 Å². The Morgan fingerprint density at radius 1 is 1.62 bits per heavy atom. The molecule has 0 radical (unpaired) electrons. The number of nitrogens with two attached hydrogens (primary N) is 1. The maximum absolute atomic E-state index is 10.6. The zero-order valence-corrected chi connectivity index (χ0v) is 6.74. The summed E-state index contributed by atoms with van der Waals surface area (Å²) in [6.07, 6.45) is 3.33. The number of fused-ring (bicyclic) bond motifs is 1. The number of nitrogens with zero attached hydrogens (tertiary/aromatic N) is 1. The molecule has 0 spiro atoms. The standard InChI is InChI=1S/C8H8N4O/c9-8(13)12-6-4-11-7-5(6)2-1-3-10-7/h1-4H,(H,10,11)(H3,9,12,13). The SMILES string of the molecule is NC(=O)Nc1c[nH]c2ncccc12. The summed E-state index contributed by atoms with van der Waals surface area (Å²) in [6.45, 7) is 0. The molecule has 0 aliphatic rings. The van der Waals surface area contributed by atoms with Crippen LogP contribution in [0.1, 0.15) is 0 Å². The van der Waals surface area contributed by atoms with E-state index in [9.17, 15) is 4.79 Å². The summed E-state index contributed by atoms with van der Waals surface area (Å²) in [4.78, 5) is 17.6. The minimum atomic E-state index is -0.579. The van der Waals surface area contributed by atoms with Gasteiger partial charge < -0.3 is 16.0 Å². The molecular weight excluding hydrogens is 168 g/mol. The van der Waals surface area contributed by atoms with Crippen LogP contribution in [-0.2, 0) is 0 Å². The predicted molar refractivity (Wildman–Crippen MR) is 49.3 cm³/mol. The highest BCUT2D eigenvalue weighted by Gasteiger charge is 2.03. The molecule has 13 heavy (non-hydrogen) atoms. The fraction of sp³-hybridized carbons (Fsp3) is 0. The number of aromatic amines is 1. The van der Waals surface area contributed by atoms with Crippen LogP contribution in [-0.4, -0.2) is 16.0 Å². The number of primary amides is 1. The van der Waals surface area contributed by atoms with Gasteiger partial charge in [-0.05, 0) is 12.1 Å². The van der Waals surface area contributed by atoms with Gasteiger partial charge in [-0.25, -0.2) is 9.78 Å². The number of carbonyl (C=O) groups is 1. The Hall–Kier alpha value is -2.04. The van der Waals surface area contributed by atoms with Crippen LogP contribution in [0, 0.1) is 0 Å². The van der Waals surface area contributed by atoms with Gasteiger partial charge in [0.15, 0.2) is 0 Å². The van der Waals surface area contributed by atoms with Gasteiger partial charge in [0.2, 0.25) is 0 Å². The first-order valence-electron chi connectivity index (χ1n) is 3.76. The lowest BCUT2D eigenvalue weighted by Crippen LogP contribution is -2.18. The van der Waals surface area contributed by atoms with E-state index in [0.29, 0.717) is 5.69 Å². The van der Waals surface area contributed by atoms with E-state index in [0.717, 1.165) is 11.0 Å². The Labute approximate surface area is 74.0 Å². The van der Waals surface area contributed by atoms with E-state index in [4.69, 9.17) is 5.73 Å². The first kappa shape index (κ1) is 7.60. The molecule has 4 N–H and O–H groups in total. The van der Waals surface area contributed by atoms with Gasteiger partial charge in [-0.1, -0.05) is 0 Å². The lowest BCUT2D eigenvalue weighted by atomic mass is 10.3.